The molecule has 9 nitrogen and oxygen atoms in total. The van der Waals surface area contributed by atoms with E-state index in [9.17, 15) is 9.59 Å². The van der Waals surface area contributed by atoms with E-state index in [1.54, 1.807) is 7.11 Å². The predicted octanol–water partition coefficient (Wildman–Crippen LogP) is 0.686. The van der Waals surface area contributed by atoms with Crippen LogP contribution < -0.4 is 10.6 Å². The molecule has 0 radical (unpaired) electrons. The number of nitrogens with one attached hydrogen (secondary N) is 2. The summed E-state index contributed by atoms with van der Waals surface area (Å²) < 4.78 is 15.4. The molecule has 26 heavy (non-hydrogen) atoms. The Kier molecular flexibility index (Phi) is 6.56. The van der Waals surface area contributed by atoms with Gasteiger partial charge in [-0.25, -0.2) is 0 Å². The SMILES string of the molecule is COCc1noc(CNC(=O)C2CCC(NC(=O)[C@H]3CCCO3)CC2)n1. The van der Waals surface area contributed by atoms with Crippen LogP contribution in [0.1, 0.15) is 50.2 Å². The van der Waals surface area contributed by atoms with Gasteiger partial charge in [-0.05, 0) is 38.5 Å². The molecule has 9 heteroatoms. The zero-order chi connectivity index (χ0) is 18.4. The molecule has 0 bridgehead atoms. The molecular weight excluding hydrogens is 340 g/mol. The van der Waals surface area contributed by atoms with E-state index < -0.39 is 0 Å². The van der Waals surface area contributed by atoms with Gasteiger partial charge in [-0.3, -0.25) is 9.59 Å². The molecule has 0 unspecified atom stereocenters. The lowest BCUT2D eigenvalue weighted by molar-refractivity contribution is -0.131. The van der Waals surface area contributed by atoms with Gasteiger partial charge < -0.3 is 24.6 Å². The lowest BCUT2D eigenvalue weighted by atomic mass is 9.85. The van der Waals surface area contributed by atoms with E-state index in [4.69, 9.17) is 14.0 Å². The molecule has 1 aromatic rings. The Morgan fingerprint density at radius 2 is 2.00 bits per heavy atom. The van der Waals surface area contributed by atoms with Crippen molar-refractivity contribution in [2.45, 2.75) is 63.8 Å². The van der Waals surface area contributed by atoms with Crippen LogP contribution >= 0.6 is 0 Å². The number of methoxy groups -OCH3 is 1. The minimum absolute atomic E-state index is 0.0135. The Balaban J connectivity index is 1.36. The molecule has 0 spiro atoms. The number of rotatable bonds is 7. The first-order chi connectivity index (χ1) is 12.7. The first-order valence-electron chi connectivity index (χ1n) is 9.15. The van der Waals surface area contributed by atoms with E-state index in [-0.39, 0.29) is 43.0 Å². The van der Waals surface area contributed by atoms with Gasteiger partial charge in [-0.2, -0.15) is 4.98 Å². The number of aromatic nitrogens is 2. The summed E-state index contributed by atoms with van der Waals surface area (Å²) in [6, 6.07) is 0.128. The second kappa shape index (κ2) is 9.09. The minimum Gasteiger partial charge on any atom is -0.377 e. The van der Waals surface area contributed by atoms with Gasteiger partial charge in [0, 0.05) is 25.7 Å². The van der Waals surface area contributed by atoms with Crippen LogP contribution in [0.5, 0.6) is 0 Å². The number of carbonyl (C=O) groups is 2. The van der Waals surface area contributed by atoms with E-state index in [0.717, 1.165) is 38.5 Å². The molecule has 1 aliphatic carbocycles. The van der Waals surface area contributed by atoms with Crippen molar-refractivity contribution in [1.82, 2.24) is 20.8 Å². The molecule has 1 atom stereocenters. The maximum atomic E-state index is 12.3. The maximum absolute atomic E-state index is 12.3. The zero-order valence-electron chi connectivity index (χ0n) is 15.0. The van der Waals surface area contributed by atoms with Crippen LogP contribution in [-0.2, 0) is 32.2 Å². The summed E-state index contributed by atoms with van der Waals surface area (Å²) in [5, 5.41) is 9.65. The van der Waals surface area contributed by atoms with E-state index >= 15 is 0 Å². The normalized spacial score (nSPS) is 25.8. The summed E-state index contributed by atoms with van der Waals surface area (Å²) in [7, 11) is 1.55. The van der Waals surface area contributed by atoms with Gasteiger partial charge in [0.1, 0.15) is 12.7 Å². The molecule has 1 aliphatic heterocycles. The average Bonchev–Trinajstić information content (AvgIpc) is 3.33. The summed E-state index contributed by atoms with van der Waals surface area (Å²) >= 11 is 0. The highest BCUT2D eigenvalue weighted by Gasteiger charge is 2.30. The molecule has 2 N–H and O–H groups in total. The molecule has 2 heterocycles. The third-order valence-electron chi connectivity index (χ3n) is 4.86. The number of amides is 2. The highest BCUT2D eigenvalue weighted by Crippen LogP contribution is 2.25. The Morgan fingerprint density at radius 1 is 1.19 bits per heavy atom. The van der Waals surface area contributed by atoms with Crippen molar-refractivity contribution in [1.29, 1.82) is 0 Å². The standard InChI is InChI=1S/C17H26N4O5/c1-24-10-14-20-15(26-21-14)9-18-16(22)11-4-6-12(7-5-11)19-17(23)13-3-2-8-25-13/h11-13H,2-10H2,1H3,(H,18,22)(H,19,23)/t11?,12?,13-/m1/s1. The fourth-order valence-electron chi connectivity index (χ4n) is 3.44. The van der Waals surface area contributed by atoms with Crippen LogP contribution in [-0.4, -0.2) is 47.8 Å². The fraction of sp³-hybridized carbons (Fsp3) is 0.765. The van der Waals surface area contributed by atoms with Crippen molar-refractivity contribution in [3.63, 3.8) is 0 Å². The van der Waals surface area contributed by atoms with Crippen LogP contribution in [0.3, 0.4) is 0 Å². The summed E-state index contributed by atoms with van der Waals surface area (Å²) in [6.07, 6.45) is 4.55. The van der Waals surface area contributed by atoms with Gasteiger partial charge in [0.2, 0.25) is 17.7 Å². The van der Waals surface area contributed by atoms with Crippen molar-refractivity contribution < 1.29 is 23.6 Å². The first-order valence-corrected chi connectivity index (χ1v) is 9.15. The summed E-state index contributed by atoms with van der Waals surface area (Å²) in [5.41, 5.74) is 0. The third-order valence-corrected chi connectivity index (χ3v) is 4.86. The Bertz CT molecular complexity index is 606. The summed E-state index contributed by atoms with van der Waals surface area (Å²) in [6.45, 7) is 1.16. The predicted molar refractivity (Wildman–Crippen MR) is 89.7 cm³/mol. The van der Waals surface area contributed by atoms with Gasteiger partial charge in [0.25, 0.3) is 0 Å². The van der Waals surface area contributed by atoms with Crippen LogP contribution in [0.2, 0.25) is 0 Å². The fourth-order valence-corrected chi connectivity index (χ4v) is 3.44. The van der Waals surface area contributed by atoms with E-state index in [0.29, 0.717) is 18.3 Å². The average molecular weight is 366 g/mol. The summed E-state index contributed by atoms with van der Waals surface area (Å²) in [4.78, 5) is 28.5. The van der Waals surface area contributed by atoms with Crippen molar-refractivity contribution in [2.75, 3.05) is 13.7 Å². The zero-order valence-corrected chi connectivity index (χ0v) is 15.0. The molecule has 2 aliphatic rings. The van der Waals surface area contributed by atoms with Gasteiger partial charge in [-0.1, -0.05) is 5.16 Å². The van der Waals surface area contributed by atoms with Gasteiger partial charge in [-0.15, -0.1) is 0 Å². The highest BCUT2D eigenvalue weighted by atomic mass is 16.5. The van der Waals surface area contributed by atoms with Crippen molar-refractivity contribution in [2.24, 2.45) is 5.92 Å². The third kappa shape index (κ3) is 5.01. The van der Waals surface area contributed by atoms with E-state index in [1.165, 1.54) is 0 Å². The quantitative estimate of drug-likeness (QED) is 0.729. The number of nitrogens with zero attached hydrogens (tertiary/aromatic N) is 2. The number of carbonyl (C=O) groups excluding carboxylic acids is 2. The molecule has 3 rings (SSSR count). The number of hydrogen-bond donors (Lipinski definition) is 2. The molecule has 2 amide bonds. The Hall–Kier alpha value is -2.00. The van der Waals surface area contributed by atoms with Gasteiger partial charge in [0.05, 0.1) is 6.54 Å². The Morgan fingerprint density at radius 3 is 2.69 bits per heavy atom. The van der Waals surface area contributed by atoms with Crippen molar-refractivity contribution >= 4 is 11.8 Å². The van der Waals surface area contributed by atoms with E-state index in [2.05, 4.69) is 20.8 Å². The molecule has 0 aromatic carbocycles. The van der Waals surface area contributed by atoms with Gasteiger partial charge in [0.15, 0.2) is 5.82 Å². The van der Waals surface area contributed by atoms with Crippen LogP contribution in [0.4, 0.5) is 0 Å². The second-order valence-corrected chi connectivity index (χ2v) is 6.81. The van der Waals surface area contributed by atoms with Crippen LogP contribution in [0.25, 0.3) is 0 Å². The lowest BCUT2D eigenvalue weighted by Gasteiger charge is -2.29. The molecule has 1 aromatic heterocycles. The highest BCUT2D eigenvalue weighted by molar-refractivity contribution is 5.81. The molecular formula is C17H26N4O5. The van der Waals surface area contributed by atoms with Gasteiger partial charge >= 0.3 is 0 Å². The number of ether oxygens (including phenoxy) is 2. The van der Waals surface area contributed by atoms with Crippen molar-refractivity contribution in [3.05, 3.63) is 11.7 Å². The van der Waals surface area contributed by atoms with Crippen LogP contribution in [0, 0.1) is 5.92 Å². The number of hydrogen-bond acceptors (Lipinski definition) is 7. The topological polar surface area (TPSA) is 116 Å². The minimum atomic E-state index is -0.298. The van der Waals surface area contributed by atoms with Crippen molar-refractivity contribution in [3.8, 4) is 0 Å². The molecule has 2 fully saturated rings. The largest absolute Gasteiger partial charge is 0.377 e. The second-order valence-electron chi connectivity index (χ2n) is 6.81. The van der Waals surface area contributed by atoms with E-state index in [1.807, 2.05) is 0 Å². The smallest absolute Gasteiger partial charge is 0.249 e. The molecule has 1 saturated carbocycles. The molecule has 144 valence electrons. The monoisotopic (exact) mass is 366 g/mol. The summed E-state index contributed by atoms with van der Waals surface area (Å²) in [5.74, 6) is 0.744. The molecule has 1 saturated heterocycles. The first kappa shape index (κ1) is 18.8. The van der Waals surface area contributed by atoms with Crippen LogP contribution in [0.15, 0.2) is 4.52 Å². The Labute approximate surface area is 152 Å². The lowest BCUT2D eigenvalue weighted by Crippen LogP contribution is -2.44. The maximum Gasteiger partial charge on any atom is 0.249 e.